The fourth-order valence-corrected chi connectivity index (χ4v) is 1.78. The zero-order valence-electron chi connectivity index (χ0n) is 11.8. The van der Waals surface area contributed by atoms with Crippen molar-refractivity contribution in [3.63, 3.8) is 0 Å². The molecule has 0 bridgehead atoms. The Kier molecular flexibility index (Phi) is 9.87. The van der Waals surface area contributed by atoms with Gasteiger partial charge in [0.2, 0.25) is 0 Å². The molecule has 0 aliphatic rings. The molecule has 0 aromatic carbocycles. The number of carbonyl (C=O) groups excluding carboxylic acids is 1. The van der Waals surface area contributed by atoms with Gasteiger partial charge in [0, 0.05) is 18.9 Å². The van der Waals surface area contributed by atoms with Crippen molar-refractivity contribution >= 4 is 23.2 Å². The summed E-state index contributed by atoms with van der Waals surface area (Å²) in [4.78, 5) is 13.9. The number of hydrogen-bond donors (Lipinski definition) is 1. The molecule has 0 aromatic rings. The van der Waals surface area contributed by atoms with Gasteiger partial charge in [-0.2, -0.15) is 0 Å². The van der Waals surface area contributed by atoms with Gasteiger partial charge in [-0.3, -0.25) is 4.79 Å². The molecule has 0 aliphatic carbocycles. The van der Waals surface area contributed by atoms with Crippen LogP contribution in [0, 0.1) is 5.92 Å². The molecule has 5 heteroatoms. The van der Waals surface area contributed by atoms with Gasteiger partial charge < -0.3 is 15.4 Å². The Balaban J connectivity index is 3.48. The van der Waals surface area contributed by atoms with Crippen molar-refractivity contribution in [3.05, 3.63) is 0 Å². The molecule has 4 nitrogen and oxygen atoms in total. The molecule has 18 heavy (non-hydrogen) atoms. The second-order valence-corrected chi connectivity index (χ2v) is 5.15. The number of carbonyl (C=O) groups is 1. The largest absolute Gasteiger partial charge is 0.466 e. The second kappa shape index (κ2) is 10.3. The predicted molar refractivity (Wildman–Crippen MR) is 78.5 cm³/mol. The lowest BCUT2D eigenvalue weighted by Crippen LogP contribution is -2.32. The maximum atomic E-state index is 11.1. The summed E-state index contributed by atoms with van der Waals surface area (Å²) in [6.07, 6.45) is 3.56. The summed E-state index contributed by atoms with van der Waals surface area (Å²) in [6.45, 7) is 6.25. The summed E-state index contributed by atoms with van der Waals surface area (Å²) in [5.74, 6) is 0.164. The first-order chi connectivity index (χ1) is 8.47. The van der Waals surface area contributed by atoms with Gasteiger partial charge in [0.15, 0.2) is 0 Å². The molecule has 106 valence electrons. The third kappa shape index (κ3) is 9.36. The van der Waals surface area contributed by atoms with Crippen molar-refractivity contribution in [1.29, 1.82) is 0 Å². The highest BCUT2D eigenvalue weighted by Crippen LogP contribution is 2.04. The fourth-order valence-electron chi connectivity index (χ4n) is 1.71. The first-order valence-electron chi connectivity index (χ1n) is 6.60. The topological polar surface area (TPSA) is 55.6 Å². The summed E-state index contributed by atoms with van der Waals surface area (Å²) >= 11 is 4.94. The minimum atomic E-state index is -0.0899. The number of nitrogens with zero attached hydrogens (tertiary/aromatic N) is 1. The van der Waals surface area contributed by atoms with Crippen LogP contribution < -0.4 is 5.73 Å². The van der Waals surface area contributed by atoms with E-state index < -0.39 is 0 Å². The van der Waals surface area contributed by atoms with E-state index in [0.717, 1.165) is 32.4 Å². The van der Waals surface area contributed by atoms with Crippen molar-refractivity contribution in [1.82, 2.24) is 4.90 Å². The first-order valence-corrected chi connectivity index (χ1v) is 7.01. The standard InChI is InChI=1S/C13H26N2O2S/c1-4-17-12(16)8-6-5-7-9-15(3)10-11(2)13(14)18/h11H,4-10H2,1-3H3,(H2,14,18). The lowest BCUT2D eigenvalue weighted by Gasteiger charge is -2.20. The Labute approximate surface area is 116 Å². The fraction of sp³-hybridized carbons (Fsp3) is 0.846. The van der Waals surface area contributed by atoms with Crippen molar-refractivity contribution < 1.29 is 9.53 Å². The minimum Gasteiger partial charge on any atom is -0.466 e. The first kappa shape index (κ1) is 17.3. The van der Waals surface area contributed by atoms with Crippen LogP contribution in [0.4, 0.5) is 0 Å². The molecule has 1 unspecified atom stereocenters. The molecule has 0 amide bonds. The van der Waals surface area contributed by atoms with Crippen LogP contribution in [0.25, 0.3) is 0 Å². The zero-order chi connectivity index (χ0) is 14.0. The molecule has 0 fully saturated rings. The van der Waals surface area contributed by atoms with E-state index in [-0.39, 0.29) is 11.9 Å². The van der Waals surface area contributed by atoms with E-state index in [4.69, 9.17) is 22.7 Å². The highest BCUT2D eigenvalue weighted by Gasteiger charge is 2.08. The molecule has 0 saturated carbocycles. The van der Waals surface area contributed by atoms with Crippen molar-refractivity contribution in [2.75, 3.05) is 26.7 Å². The molecular formula is C13H26N2O2S. The smallest absolute Gasteiger partial charge is 0.305 e. The molecule has 0 rings (SSSR count). The van der Waals surface area contributed by atoms with Crippen molar-refractivity contribution in [2.24, 2.45) is 11.7 Å². The van der Waals surface area contributed by atoms with Crippen LogP contribution in [0.5, 0.6) is 0 Å². The maximum Gasteiger partial charge on any atom is 0.305 e. The Morgan fingerprint density at radius 1 is 1.39 bits per heavy atom. The Hall–Kier alpha value is -0.680. The highest BCUT2D eigenvalue weighted by atomic mass is 32.1. The summed E-state index contributed by atoms with van der Waals surface area (Å²) in [7, 11) is 2.07. The highest BCUT2D eigenvalue weighted by molar-refractivity contribution is 7.80. The quantitative estimate of drug-likeness (QED) is 0.375. The molecule has 0 aromatic heterocycles. The van der Waals surface area contributed by atoms with E-state index in [1.807, 2.05) is 13.8 Å². The van der Waals surface area contributed by atoms with Crippen LogP contribution in [-0.4, -0.2) is 42.6 Å². The van der Waals surface area contributed by atoms with Crippen molar-refractivity contribution in [3.8, 4) is 0 Å². The van der Waals surface area contributed by atoms with Crippen LogP contribution in [0.3, 0.4) is 0 Å². The number of thiocarbonyl (C=S) groups is 1. The van der Waals surface area contributed by atoms with E-state index in [0.29, 0.717) is 18.0 Å². The van der Waals surface area contributed by atoms with Crippen LogP contribution >= 0.6 is 12.2 Å². The SMILES string of the molecule is CCOC(=O)CCCCCN(C)CC(C)C(N)=S. The van der Waals surface area contributed by atoms with Gasteiger partial charge in [-0.25, -0.2) is 0 Å². The van der Waals surface area contributed by atoms with E-state index >= 15 is 0 Å². The molecule has 0 radical (unpaired) electrons. The zero-order valence-corrected chi connectivity index (χ0v) is 12.6. The minimum absolute atomic E-state index is 0.0899. The normalized spacial score (nSPS) is 12.4. The maximum absolute atomic E-state index is 11.1. The van der Waals surface area contributed by atoms with E-state index in [1.54, 1.807) is 0 Å². The number of hydrogen-bond acceptors (Lipinski definition) is 4. The van der Waals surface area contributed by atoms with Gasteiger partial charge >= 0.3 is 5.97 Å². The molecule has 0 heterocycles. The third-order valence-corrected chi connectivity index (χ3v) is 3.20. The van der Waals surface area contributed by atoms with E-state index in [9.17, 15) is 4.79 Å². The molecular weight excluding hydrogens is 248 g/mol. The van der Waals surface area contributed by atoms with Gasteiger partial charge in [-0.05, 0) is 33.4 Å². The van der Waals surface area contributed by atoms with E-state index in [1.165, 1.54) is 0 Å². The molecule has 1 atom stereocenters. The van der Waals surface area contributed by atoms with Gasteiger partial charge in [-0.1, -0.05) is 25.6 Å². The van der Waals surface area contributed by atoms with Crippen LogP contribution in [0.2, 0.25) is 0 Å². The number of esters is 1. The molecule has 0 aliphatic heterocycles. The number of ether oxygens (including phenoxy) is 1. The molecule has 0 spiro atoms. The van der Waals surface area contributed by atoms with Gasteiger partial charge in [-0.15, -0.1) is 0 Å². The van der Waals surface area contributed by atoms with Crippen LogP contribution in [0.15, 0.2) is 0 Å². The summed E-state index contributed by atoms with van der Waals surface area (Å²) in [5.41, 5.74) is 5.58. The average Bonchev–Trinajstić information content (AvgIpc) is 2.28. The number of rotatable bonds is 10. The second-order valence-electron chi connectivity index (χ2n) is 4.68. The number of nitrogens with two attached hydrogens (primary N) is 1. The summed E-state index contributed by atoms with van der Waals surface area (Å²) in [5, 5.41) is 0. The Bertz CT molecular complexity index is 259. The van der Waals surface area contributed by atoms with Crippen LogP contribution in [0.1, 0.15) is 39.5 Å². The van der Waals surface area contributed by atoms with Crippen molar-refractivity contribution in [2.45, 2.75) is 39.5 Å². The third-order valence-electron chi connectivity index (χ3n) is 2.80. The summed E-state index contributed by atoms with van der Waals surface area (Å²) in [6, 6.07) is 0. The van der Waals surface area contributed by atoms with E-state index in [2.05, 4.69) is 11.9 Å². The number of unbranched alkanes of at least 4 members (excludes halogenated alkanes) is 2. The Morgan fingerprint density at radius 3 is 2.61 bits per heavy atom. The predicted octanol–water partition coefficient (Wildman–Crippen LogP) is 1.96. The lowest BCUT2D eigenvalue weighted by molar-refractivity contribution is -0.143. The summed E-state index contributed by atoms with van der Waals surface area (Å²) < 4.78 is 4.87. The van der Waals surface area contributed by atoms with Gasteiger partial charge in [0.25, 0.3) is 0 Å². The van der Waals surface area contributed by atoms with Gasteiger partial charge in [0.1, 0.15) is 0 Å². The Morgan fingerprint density at radius 2 is 2.06 bits per heavy atom. The van der Waals surface area contributed by atoms with Crippen LogP contribution in [-0.2, 0) is 9.53 Å². The average molecular weight is 274 g/mol. The molecule has 2 N–H and O–H groups in total. The monoisotopic (exact) mass is 274 g/mol. The van der Waals surface area contributed by atoms with Gasteiger partial charge in [0.05, 0.1) is 11.6 Å². The lowest BCUT2D eigenvalue weighted by atomic mass is 10.1. The molecule has 0 saturated heterocycles.